The molecular weight excluding hydrogens is 325 g/mol. The molecule has 130 valence electrons. The Morgan fingerprint density at radius 2 is 1.84 bits per heavy atom. The number of hydrogen-bond acceptors (Lipinski definition) is 4. The first-order chi connectivity index (χ1) is 12.1. The van der Waals surface area contributed by atoms with Gasteiger partial charge in [0.1, 0.15) is 11.6 Å². The van der Waals surface area contributed by atoms with E-state index in [1.807, 2.05) is 18.2 Å². The maximum absolute atomic E-state index is 13.4. The Kier molecular flexibility index (Phi) is 5.28. The largest absolute Gasteiger partial charge is 0.482 e. The van der Waals surface area contributed by atoms with E-state index in [0.717, 1.165) is 19.3 Å². The minimum Gasteiger partial charge on any atom is -0.482 e. The van der Waals surface area contributed by atoms with Crippen molar-refractivity contribution in [2.24, 2.45) is 0 Å². The van der Waals surface area contributed by atoms with Crippen LogP contribution in [-0.2, 0) is 27.2 Å². The second-order valence-corrected chi connectivity index (χ2v) is 5.76. The third kappa shape index (κ3) is 4.56. The summed E-state index contributed by atoms with van der Waals surface area (Å²) in [4.78, 5) is 23.3. The topological polar surface area (TPSA) is 64.6 Å². The smallest absolute Gasteiger partial charge is 0.344 e. The van der Waals surface area contributed by atoms with Gasteiger partial charge in [-0.3, -0.25) is 4.79 Å². The lowest BCUT2D eigenvalue weighted by Crippen LogP contribution is -2.24. The van der Waals surface area contributed by atoms with Gasteiger partial charge in [-0.15, -0.1) is 0 Å². The number of nitrogens with one attached hydrogen (secondary N) is 1. The van der Waals surface area contributed by atoms with Gasteiger partial charge in [0.05, 0.1) is 5.69 Å². The molecule has 1 amide bonds. The number of ether oxygens (including phenoxy) is 2. The van der Waals surface area contributed by atoms with Gasteiger partial charge < -0.3 is 14.8 Å². The Morgan fingerprint density at radius 3 is 2.68 bits per heavy atom. The number of carbonyl (C=O) groups excluding carboxylic acids is 2. The second kappa shape index (κ2) is 7.79. The molecule has 0 saturated carbocycles. The SMILES string of the molecule is O=C(COC(=O)COc1ccc2c(c1)CCC2)Nc1ccccc1F. The van der Waals surface area contributed by atoms with Crippen molar-refractivity contribution in [2.75, 3.05) is 18.5 Å². The van der Waals surface area contributed by atoms with Gasteiger partial charge in [-0.2, -0.15) is 0 Å². The van der Waals surface area contributed by atoms with Crippen LogP contribution in [-0.4, -0.2) is 25.1 Å². The monoisotopic (exact) mass is 343 g/mol. The number of fused-ring (bicyclic) bond motifs is 1. The molecule has 1 N–H and O–H groups in total. The van der Waals surface area contributed by atoms with Crippen LogP contribution in [0.15, 0.2) is 42.5 Å². The van der Waals surface area contributed by atoms with Gasteiger partial charge in [0, 0.05) is 0 Å². The third-order valence-corrected chi connectivity index (χ3v) is 3.94. The number of benzene rings is 2. The Labute approximate surface area is 144 Å². The number of halogens is 1. The van der Waals surface area contributed by atoms with E-state index in [0.29, 0.717) is 5.75 Å². The van der Waals surface area contributed by atoms with Gasteiger partial charge in [0.2, 0.25) is 0 Å². The van der Waals surface area contributed by atoms with Crippen LogP contribution < -0.4 is 10.1 Å². The molecule has 0 heterocycles. The summed E-state index contributed by atoms with van der Waals surface area (Å²) in [6.45, 7) is -0.785. The maximum atomic E-state index is 13.4. The van der Waals surface area contributed by atoms with E-state index in [1.165, 1.54) is 29.3 Å². The quantitative estimate of drug-likeness (QED) is 0.819. The van der Waals surface area contributed by atoms with Gasteiger partial charge in [-0.1, -0.05) is 18.2 Å². The molecule has 25 heavy (non-hydrogen) atoms. The zero-order valence-corrected chi connectivity index (χ0v) is 13.6. The number of aryl methyl sites for hydroxylation is 2. The zero-order chi connectivity index (χ0) is 17.6. The molecule has 0 aromatic heterocycles. The van der Waals surface area contributed by atoms with Crippen molar-refractivity contribution in [1.29, 1.82) is 0 Å². The molecule has 6 heteroatoms. The van der Waals surface area contributed by atoms with E-state index in [1.54, 1.807) is 6.07 Å². The first-order valence-corrected chi connectivity index (χ1v) is 8.06. The standard InChI is InChI=1S/C19H18FNO4/c20-16-6-1-2-7-17(16)21-18(22)11-25-19(23)12-24-15-9-8-13-4-3-5-14(13)10-15/h1-2,6-10H,3-5,11-12H2,(H,21,22). The van der Waals surface area contributed by atoms with Crippen LogP contribution in [0.2, 0.25) is 0 Å². The minimum absolute atomic E-state index is 0.0398. The normalized spacial score (nSPS) is 12.4. The minimum atomic E-state index is -0.663. The highest BCUT2D eigenvalue weighted by atomic mass is 19.1. The van der Waals surface area contributed by atoms with Crippen LogP contribution in [0, 0.1) is 5.82 Å². The number of esters is 1. The molecule has 0 radical (unpaired) electrons. The number of amides is 1. The Morgan fingerprint density at radius 1 is 1.04 bits per heavy atom. The lowest BCUT2D eigenvalue weighted by atomic mass is 10.1. The fourth-order valence-corrected chi connectivity index (χ4v) is 2.72. The summed E-state index contributed by atoms with van der Waals surface area (Å²) in [7, 11) is 0. The third-order valence-electron chi connectivity index (χ3n) is 3.94. The Bertz CT molecular complexity index is 791. The van der Waals surface area contributed by atoms with Crippen molar-refractivity contribution in [1.82, 2.24) is 0 Å². The summed E-state index contributed by atoms with van der Waals surface area (Å²) in [5.41, 5.74) is 2.60. The molecule has 2 aromatic carbocycles. The van der Waals surface area contributed by atoms with Crippen LogP contribution in [0.3, 0.4) is 0 Å². The van der Waals surface area contributed by atoms with Crippen molar-refractivity contribution in [2.45, 2.75) is 19.3 Å². The molecule has 0 unspecified atom stereocenters. The van der Waals surface area contributed by atoms with Crippen LogP contribution in [0.1, 0.15) is 17.5 Å². The van der Waals surface area contributed by atoms with E-state index in [4.69, 9.17) is 9.47 Å². The van der Waals surface area contributed by atoms with Gasteiger partial charge in [-0.05, 0) is 54.7 Å². The first kappa shape index (κ1) is 17.0. The molecule has 2 aromatic rings. The second-order valence-electron chi connectivity index (χ2n) is 5.76. The predicted molar refractivity (Wildman–Crippen MR) is 90.0 cm³/mol. The van der Waals surface area contributed by atoms with E-state index in [2.05, 4.69) is 5.32 Å². The van der Waals surface area contributed by atoms with Crippen molar-refractivity contribution in [3.05, 3.63) is 59.4 Å². The van der Waals surface area contributed by atoms with E-state index in [9.17, 15) is 14.0 Å². The van der Waals surface area contributed by atoms with Crippen molar-refractivity contribution in [3.8, 4) is 5.75 Å². The highest BCUT2D eigenvalue weighted by Crippen LogP contribution is 2.25. The van der Waals surface area contributed by atoms with E-state index in [-0.39, 0.29) is 12.3 Å². The lowest BCUT2D eigenvalue weighted by Gasteiger charge is -2.09. The number of rotatable bonds is 6. The highest BCUT2D eigenvalue weighted by Gasteiger charge is 2.13. The predicted octanol–water partition coefficient (Wildman–Crippen LogP) is 2.88. The molecule has 0 aliphatic heterocycles. The van der Waals surface area contributed by atoms with Gasteiger partial charge in [0.25, 0.3) is 5.91 Å². The fraction of sp³-hybridized carbons (Fsp3) is 0.263. The summed E-state index contributed by atoms with van der Waals surface area (Å²) >= 11 is 0. The van der Waals surface area contributed by atoms with Crippen molar-refractivity contribution in [3.63, 3.8) is 0 Å². The summed E-state index contributed by atoms with van der Waals surface area (Å²) in [5.74, 6) is -1.23. The molecular formula is C19H18FNO4. The molecule has 3 rings (SSSR count). The molecule has 0 bridgehead atoms. The number of carbonyl (C=O) groups is 2. The maximum Gasteiger partial charge on any atom is 0.344 e. The Balaban J connectivity index is 1.42. The number of hydrogen-bond donors (Lipinski definition) is 1. The van der Waals surface area contributed by atoms with E-state index < -0.39 is 24.3 Å². The summed E-state index contributed by atoms with van der Waals surface area (Å²) in [5, 5.41) is 2.34. The van der Waals surface area contributed by atoms with Crippen molar-refractivity contribution < 1.29 is 23.5 Å². The van der Waals surface area contributed by atoms with Gasteiger partial charge >= 0.3 is 5.97 Å². The summed E-state index contributed by atoms with van der Waals surface area (Å²) in [6.07, 6.45) is 3.24. The van der Waals surface area contributed by atoms with Crippen LogP contribution in [0.5, 0.6) is 5.75 Å². The molecule has 1 aliphatic rings. The van der Waals surface area contributed by atoms with Crippen LogP contribution in [0.25, 0.3) is 0 Å². The summed E-state index contributed by atoms with van der Waals surface area (Å²) < 4.78 is 23.6. The molecule has 1 aliphatic carbocycles. The lowest BCUT2D eigenvalue weighted by molar-refractivity contribution is -0.149. The molecule has 0 atom stereocenters. The van der Waals surface area contributed by atoms with E-state index >= 15 is 0 Å². The highest BCUT2D eigenvalue weighted by molar-refractivity contribution is 5.92. The Hall–Kier alpha value is -2.89. The molecule has 0 spiro atoms. The average Bonchev–Trinajstić information content (AvgIpc) is 3.08. The molecule has 5 nitrogen and oxygen atoms in total. The van der Waals surface area contributed by atoms with Crippen LogP contribution in [0.4, 0.5) is 10.1 Å². The van der Waals surface area contributed by atoms with Gasteiger partial charge in [-0.25, -0.2) is 9.18 Å². The first-order valence-electron chi connectivity index (χ1n) is 8.06. The summed E-state index contributed by atoms with van der Waals surface area (Å²) in [6, 6.07) is 11.5. The van der Waals surface area contributed by atoms with Crippen LogP contribution >= 0.6 is 0 Å². The molecule has 0 fully saturated rings. The van der Waals surface area contributed by atoms with Gasteiger partial charge in [0.15, 0.2) is 13.2 Å². The zero-order valence-electron chi connectivity index (χ0n) is 13.6. The van der Waals surface area contributed by atoms with Crippen molar-refractivity contribution >= 4 is 17.6 Å². The average molecular weight is 343 g/mol. The number of anilines is 1. The number of para-hydroxylation sites is 1. The molecule has 0 saturated heterocycles. The fourth-order valence-electron chi connectivity index (χ4n) is 2.72.